The SMILES string of the molecule is O=C(c1cncc(NCc2ccccc2F)c1)N1CCCCC1. The maximum absolute atomic E-state index is 13.6. The molecule has 3 rings (SSSR count). The summed E-state index contributed by atoms with van der Waals surface area (Å²) < 4.78 is 13.6. The highest BCUT2D eigenvalue weighted by Gasteiger charge is 2.18. The predicted octanol–water partition coefficient (Wildman–Crippen LogP) is 3.46. The Morgan fingerprint density at radius 1 is 1.17 bits per heavy atom. The van der Waals surface area contributed by atoms with Crippen LogP contribution >= 0.6 is 0 Å². The van der Waals surface area contributed by atoms with Crippen molar-refractivity contribution in [3.8, 4) is 0 Å². The normalized spacial score (nSPS) is 14.6. The van der Waals surface area contributed by atoms with Gasteiger partial charge >= 0.3 is 0 Å². The van der Waals surface area contributed by atoms with Crippen LogP contribution in [-0.4, -0.2) is 28.9 Å². The molecular weight excluding hydrogens is 293 g/mol. The maximum atomic E-state index is 13.6. The number of anilines is 1. The first-order valence-electron chi connectivity index (χ1n) is 7.95. The quantitative estimate of drug-likeness (QED) is 0.940. The molecule has 5 heteroatoms. The average Bonchev–Trinajstić information content (AvgIpc) is 2.61. The molecule has 1 N–H and O–H groups in total. The van der Waals surface area contributed by atoms with Crippen molar-refractivity contribution >= 4 is 11.6 Å². The molecule has 0 radical (unpaired) electrons. The summed E-state index contributed by atoms with van der Waals surface area (Å²) in [6.45, 7) is 1.98. The van der Waals surface area contributed by atoms with Crippen molar-refractivity contribution in [3.63, 3.8) is 0 Å². The van der Waals surface area contributed by atoms with Crippen molar-refractivity contribution in [2.24, 2.45) is 0 Å². The zero-order valence-corrected chi connectivity index (χ0v) is 13.0. The summed E-state index contributed by atoms with van der Waals surface area (Å²) in [5, 5.41) is 3.13. The van der Waals surface area contributed by atoms with Crippen LogP contribution in [0.4, 0.5) is 10.1 Å². The lowest BCUT2D eigenvalue weighted by atomic mass is 10.1. The number of nitrogens with one attached hydrogen (secondary N) is 1. The van der Waals surface area contributed by atoms with E-state index >= 15 is 0 Å². The molecule has 0 bridgehead atoms. The van der Waals surface area contributed by atoms with Crippen molar-refractivity contribution < 1.29 is 9.18 Å². The Hall–Kier alpha value is -2.43. The molecule has 0 aliphatic carbocycles. The Kier molecular flexibility index (Phi) is 4.86. The monoisotopic (exact) mass is 313 g/mol. The molecule has 1 aromatic heterocycles. The van der Waals surface area contributed by atoms with Crippen LogP contribution < -0.4 is 5.32 Å². The van der Waals surface area contributed by atoms with Crippen molar-refractivity contribution in [3.05, 3.63) is 59.7 Å². The highest BCUT2D eigenvalue weighted by molar-refractivity contribution is 5.94. The Morgan fingerprint density at radius 2 is 1.96 bits per heavy atom. The van der Waals surface area contributed by atoms with Gasteiger partial charge in [-0.15, -0.1) is 0 Å². The third-order valence-electron chi connectivity index (χ3n) is 4.07. The summed E-state index contributed by atoms with van der Waals surface area (Å²) in [4.78, 5) is 18.5. The van der Waals surface area contributed by atoms with E-state index in [-0.39, 0.29) is 11.7 Å². The smallest absolute Gasteiger partial charge is 0.255 e. The number of halogens is 1. The zero-order chi connectivity index (χ0) is 16.1. The van der Waals surface area contributed by atoms with Crippen LogP contribution in [0.3, 0.4) is 0 Å². The first-order chi connectivity index (χ1) is 11.2. The van der Waals surface area contributed by atoms with E-state index in [2.05, 4.69) is 10.3 Å². The molecule has 1 aliphatic heterocycles. The lowest BCUT2D eigenvalue weighted by Crippen LogP contribution is -2.35. The number of carbonyl (C=O) groups is 1. The van der Waals surface area contributed by atoms with Crippen LogP contribution in [0, 0.1) is 5.82 Å². The van der Waals surface area contributed by atoms with E-state index in [1.54, 1.807) is 36.7 Å². The lowest BCUT2D eigenvalue weighted by molar-refractivity contribution is 0.0724. The summed E-state index contributed by atoms with van der Waals surface area (Å²) in [7, 11) is 0. The van der Waals surface area contributed by atoms with Crippen LogP contribution in [0.25, 0.3) is 0 Å². The number of nitrogens with zero attached hydrogens (tertiary/aromatic N) is 2. The third-order valence-corrected chi connectivity index (χ3v) is 4.07. The van der Waals surface area contributed by atoms with Gasteiger partial charge in [0.05, 0.1) is 11.3 Å². The second-order valence-corrected chi connectivity index (χ2v) is 5.76. The van der Waals surface area contributed by atoms with E-state index in [0.717, 1.165) is 31.6 Å². The second-order valence-electron chi connectivity index (χ2n) is 5.76. The molecular formula is C18H20FN3O. The van der Waals surface area contributed by atoms with Gasteiger partial charge in [0.1, 0.15) is 5.82 Å². The van der Waals surface area contributed by atoms with Crippen molar-refractivity contribution in [2.45, 2.75) is 25.8 Å². The number of hydrogen-bond donors (Lipinski definition) is 1. The largest absolute Gasteiger partial charge is 0.380 e. The fraction of sp³-hybridized carbons (Fsp3) is 0.333. The zero-order valence-electron chi connectivity index (χ0n) is 13.0. The van der Waals surface area contributed by atoms with E-state index in [0.29, 0.717) is 17.7 Å². The second kappa shape index (κ2) is 7.22. The summed E-state index contributed by atoms with van der Waals surface area (Å²) in [6, 6.07) is 8.42. The Balaban J connectivity index is 1.67. The molecule has 1 amide bonds. The van der Waals surface area contributed by atoms with Crippen LogP contribution in [0.5, 0.6) is 0 Å². The molecule has 120 valence electrons. The number of hydrogen-bond acceptors (Lipinski definition) is 3. The standard InChI is InChI=1S/C18H20FN3O/c19-17-7-3-2-6-14(17)12-21-16-10-15(11-20-13-16)18(23)22-8-4-1-5-9-22/h2-3,6-7,10-11,13,21H,1,4-5,8-9,12H2. The highest BCUT2D eigenvalue weighted by atomic mass is 19.1. The molecule has 0 saturated carbocycles. The minimum atomic E-state index is -0.242. The first kappa shape index (κ1) is 15.5. The van der Waals surface area contributed by atoms with E-state index < -0.39 is 0 Å². The van der Waals surface area contributed by atoms with Crippen LogP contribution in [0.1, 0.15) is 35.2 Å². The fourth-order valence-electron chi connectivity index (χ4n) is 2.77. The van der Waals surface area contributed by atoms with Gasteiger partial charge < -0.3 is 10.2 Å². The minimum absolute atomic E-state index is 0.0201. The van der Waals surface area contributed by atoms with Gasteiger partial charge in [0, 0.05) is 37.6 Å². The van der Waals surface area contributed by atoms with E-state index in [4.69, 9.17) is 0 Å². The number of amides is 1. The summed E-state index contributed by atoms with van der Waals surface area (Å²) in [5.41, 5.74) is 1.88. The molecule has 23 heavy (non-hydrogen) atoms. The van der Waals surface area contributed by atoms with Crippen molar-refractivity contribution in [1.82, 2.24) is 9.88 Å². The average molecular weight is 313 g/mol. The molecule has 1 aliphatic rings. The van der Waals surface area contributed by atoms with Crippen molar-refractivity contribution in [1.29, 1.82) is 0 Å². The van der Waals surface area contributed by atoms with Gasteiger partial charge in [0.25, 0.3) is 5.91 Å². The molecule has 4 nitrogen and oxygen atoms in total. The minimum Gasteiger partial charge on any atom is -0.380 e. The highest BCUT2D eigenvalue weighted by Crippen LogP contribution is 2.16. The Bertz CT molecular complexity index is 683. The molecule has 0 atom stereocenters. The molecule has 2 aromatic rings. The van der Waals surface area contributed by atoms with Gasteiger partial charge in [-0.1, -0.05) is 18.2 Å². The lowest BCUT2D eigenvalue weighted by Gasteiger charge is -2.26. The first-order valence-corrected chi connectivity index (χ1v) is 7.95. The predicted molar refractivity (Wildman–Crippen MR) is 87.7 cm³/mol. The number of piperidine rings is 1. The molecule has 0 spiro atoms. The van der Waals surface area contributed by atoms with E-state index in [9.17, 15) is 9.18 Å². The van der Waals surface area contributed by atoms with Crippen LogP contribution in [0.2, 0.25) is 0 Å². The van der Waals surface area contributed by atoms with Gasteiger partial charge in [-0.2, -0.15) is 0 Å². The van der Waals surface area contributed by atoms with Crippen LogP contribution in [0.15, 0.2) is 42.7 Å². The number of benzene rings is 1. The van der Waals surface area contributed by atoms with E-state index in [1.807, 2.05) is 4.90 Å². The summed E-state index contributed by atoms with van der Waals surface area (Å²) in [6.07, 6.45) is 6.54. The Morgan fingerprint density at radius 3 is 2.74 bits per heavy atom. The Labute approximate surface area is 135 Å². The van der Waals surface area contributed by atoms with Crippen LogP contribution in [-0.2, 0) is 6.54 Å². The summed E-state index contributed by atoms with van der Waals surface area (Å²) >= 11 is 0. The number of carbonyl (C=O) groups excluding carboxylic acids is 1. The molecule has 0 unspecified atom stereocenters. The fourth-order valence-corrected chi connectivity index (χ4v) is 2.77. The molecule has 1 saturated heterocycles. The number of pyridine rings is 1. The van der Waals surface area contributed by atoms with Crippen molar-refractivity contribution in [2.75, 3.05) is 18.4 Å². The molecule has 1 fully saturated rings. The molecule has 2 heterocycles. The third kappa shape index (κ3) is 3.86. The van der Waals surface area contributed by atoms with Gasteiger partial charge in [-0.05, 0) is 31.4 Å². The van der Waals surface area contributed by atoms with Gasteiger partial charge in [0.2, 0.25) is 0 Å². The number of aromatic nitrogens is 1. The van der Waals surface area contributed by atoms with Gasteiger partial charge in [-0.3, -0.25) is 9.78 Å². The number of likely N-dealkylation sites (tertiary alicyclic amines) is 1. The van der Waals surface area contributed by atoms with Gasteiger partial charge in [0.15, 0.2) is 0 Å². The van der Waals surface area contributed by atoms with E-state index in [1.165, 1.54) is 12.5 Å². The number of rotatable bonds is 4. The summed E-state index contributed by atoms with van der Waals surface area (Å²) in [5.74, 6) is -0.222. The topological polar surface area (TPSA) is 45.2 Å². The van der Waals surface area contributed by atoms with Gasteiger partial charge in [-0.25, -0.2) is 4.39 Å². The maximum Gasteiger partial charge on any atom is 0.255 e. The molecule has 1 aromatic carbocycles.